The van der Waals surface area contributed by atoms with Crippen LogP contribution in [0.25, 0.3) is 33.3 Å². The number of phenols is 1. The normalized spacial score (nSPS) is 11.2. The van der Waals surface area contributed by atoms with Gasteiger partial charge in [0.2, 0.25) is 5.89 Å². The minimum absolute atomic E-state index is 0.197. The van der Waals surface area contributed by atoms with Gasteiger partial charge >= 0.3 is 5.97 Å². The van der Waals surface area contributed by atoms with Crippen molar-refractivity contribution in [3.63, 3.8) is 0 Å². The summed E-state index contributed by atoms with van der Waals surface area (Å²) in [4.78, 5) is 15.1. The van der Waals surface area contributed by atoms with Gasteiger partial charge in [-0.3, -0.25) is 4.79 Å². The molecule has 0 saturated heterocycles. The van der Waals surface area contributed by atoms with Crippen molar-refractivity contribution in [1.29, 1.82) is 0 Å². The van der Waals surface area contributed by atoms with Crippen molar-refractivity contribution in [3.05, 3.63) is 54.6 Å². The number of fused-ring (bicyclic) bond motifs is 2. The summed E-state index contributed by atoms with van der Waals surface area (Å²) in [6.45, 7) is 0.531. The lowest BCUT2D eigenvalue weighted by atomic mass is 10.1. The van der Waals surface area contributed by atoms with Crippen molar-refractivity contribution in [2.24, 2.45) is 0 Å². The van der Waals surface area contributed by atoms with Crippen molar-refractivity contribution in [2.75, 3.05) is 6.61 Å². The second-order valence-corrected chi connectivity index (χ2v) is 6.95. The largest absolute Gasteiger partial charge is 0.508 e. The van der Waals surface area contributed by atoms with Crippen LogP contribution in [0.5, 0.6) is 11.5 Å². The van der Waals surface area contributed by atoms with Gasteiger partial charge in [0.05, 0.1) is 6.61 Å². The smallest absolute Gasteiger partial charge is 0.303 e. The zero-order valence-electron chi connectivity index (χ0n) is 15.8. The Morgan fingerprint density at radius 1 is 0.966 bits per heavy atom. The van der Waals surface area contributed by atoms with Crippen LogP contribution in [-0.4, -0.2) is 27.8 Å². The van der Waals surface area contributed by atoms with Gasteiger partial charge in [0.25, 0.3) is 0 Å². The van der Waals surface area contributed by atoms with Crippen LogP contribution < -0.4 is 4.74 Å². The second kappa shape index (κ2) is 8.22. The van der Waals surface area contributed by atoms with E-state index in [0.717, 1.165) is 34.7 Å². The summed E-state index contributed by atoms with van der Waals surface area (Å²) in [5, 5.41) is 20.2. The van der Waals surface area contributed by atoms with Crippen molar-refractivity contribution in [1.82, 2.24) is 4.98 Å². The molecule has 0 spiro atoms. The molecule has 29 heavy (non-hydrogen) atoms. The predicted octanol–water partition coefficient (Wildman–Crippen LogP) is 5.38. The molecule has 0 aliphatic carbocycles. The van der Waals surface area contributed by atoms with Gasteiger partial charge in [-0.25, -0.2) is 4.98 Å². The van der Waals surface area contributed by atoms with Crippen LogP contribution in [0.2, 0.25) is 0 Å². The molecule has 0 atom stereocenters. The molecule has 0 aliphatic rings. The Labute approximate surface area is 167 Å². The van der Waals surface area contributed by atoms with E-state index in [0.29, 0.717) is 30.3 Å². The number of benzene rings is 3. The molecule has 0 radical (unpaired) electrons. The fraction of sp³-hybridized carbons (Fsp3) is 0.217. The standard InChI is InChI=1S/C23H21NO5/c25-18-8-7-15-12-17(6-5-16(15)13-18)23-24-20-10-9-19(14-21(20)29-23)28-11-3-1-2-4-22(26)27/h5-10,12-14,25H,1-4,11H2,(H,26,27). The van der Waals surface area contributed by atoms with Gasteiger partial charge in [-0.05, 0) is 66.4 Å². The predicted molar refractivity (Wildman–Crippen MR) is 110 cm³/mol. The first-order valence-corrected chi connectivity index (χ1v) is 9.57. The number of unbranched alkanes of at least 4 members (excludes halogenated alkanes) is 2. The lowest BCUT2D eigenvalue weighted by molar-refractivity contribution is -0.137. The SMILES string of the molecule is O=C(O)CCCCCOc1ccc2nc(-c3ccc4cc(O)ccc4c3)oc2c1. The number of nitrogens with zero attached hydrogens (tertiary/aromatic N) is 1. The van der Waals surface area contributed by atoms with Gasteiger partial charge in [0.1, 0.15) is 17.0 Å². The number of hydrogen-bond donors (Lipinski definition) is 2. The Balaban J connectivity index is 1.45. The maximum atomic E-state index is 10.5. The van der Waals surface area contributed by atoms with Crippen LogP contribution in [0.1, 0.15) is 25.7 Å². The van der Waals surface area contributed by atoms with E-state index in [9.17, 15) is 9.90 Å². The molecule has 1 aromatic heterocycles. The maximum absolute atomic E-state index is 10.5. The second-order valence-electron chi connectivity index (χ2n) is 6.95. The van der Waals surface area contributed by atoms with Crippen molar-refractivity contribution >= 4 is 27.8 Å². The highest BCUT2D eigenvalue weighted by Crippen LogP contribution is 2.30. The Bertz CT molecular complexity index is 1160. The first kappa shape index (κ1) is 18.8. The Morgan fingerprint density at radius 3 is 2.66 bits per heavy atom. The molecule has 0 saturated carbocycles. The molecule has 0 fully saturated rings. The summed E-state index contributed by atoms with van der Waals surface area (Å²) in [7, 11) is 0. The molecule has 0 aliphatic heterocycles. The zero-order valence-corrected chi connectivity index (χ0v) is 15.8. The zero-order chi connectivity index (χ0) is 20.2. The number of aromatic nitrogens is 1. The Morgan fingerprint density at radius 2 is 1.79 bits per heavy atom. The fourth-order valence-corrected chi connectivity index (χ4v) is 3.23. The minimum atomic E-state index is -0.762. The van der Waals surface area contributed by atoms with Crippen molar-refractivity contribution in [2.45, 2.75) is 25.7 Å². The highest BCUT2D eigenvalue weighted by Gasteiger charge is 2.10. The van der Waals surface area contributed by atoms with Gasteiger partial charge in [-0.1, -0.05) is 12.1 Å². The summed E-state index contributed by atoms with van der Waals surface area (Å²) in [5.41, 5.74) is 2.26. The molecule has 0 unspecified atom stereocenters. The van der Waals surface area contributed by atoms with Gasteiger partial charge in [-0.2, -0.15) is 0 Å². The lowest BCUT2D eigenvalue weighted by Crippen LogP contribution is -1.99. The maximum Gasteiger partial charge on any atom is 0.303 e. The van der Waals surface area contributed by atoms with E-state index >= 15 is 0 Å². The third kappa shape index (κ3) is 4.48. The highest BCUT2D eigenvalue weighted by atomic mass is 16.5. The first-order chi connectivity index (χ1) is 14.1. The lowest BCUT2D eigenvalue weighted by Gasteiger charge is -2.05. The van der Waals surface area contributed by atoms with E-state index in [2.05, 4.69) is 4.98 Å². The molecule has 148 valence electrons. The molecule has 0 bridgehead atoms. The van der Waals surface area contributed by atoms with Crippen molar-refractivity contribution < 1.29 is 24.2 Å². The average molecular weight is 391 g/mol. The number of phenolic OH excluding ortho intramolecular Hbond substituents is 1. The molecule has 0 amide bonds. The Kier molecular flexibility index (Phi) is 5.33. The van der Waals surface area contributed by atoms with E-state index in [4.69, 9.17) is 14.3 Å². The van der Waals surface area contributed by atoms with Gasteiger partial charge in [0, 0.05) is 18.1 Å². The number of carboxylic acids is 1. The van der Waals surface area contributed by atoms with Crippen LogP contribution >= 0.6 is 0 Å². The summed E-state index contributed by atoms with van der Waals surface area (Å²) in [5.74, 6) is 0.705. The highest BCUT2D eigenvalue weighted by molar-refractivity contribution is 5.88. The number of aromatic hydroxyl groups is 1. The van der Waals surface area contributed by atoms with Gasteiger partial charge in [-0.15, -0.1) is 0 Å². The summed E-state index contributed by atoms with van der Waals surface area (Å²) in [6.07, 6.45) is 2.48. The monoisotopic (exact) mass is 391 g/mol. The van der Waals surface area contributed by atoms with Crippen LogP contribution in [0.3, 0.4) is 0 Å². The molecule has 4 aromatic rings. The van der Waals surface area contributed by atoms with E-state index in [-0.39, 0.29) is 12.2 Å². The molecule has 3 aromatic carbocycles. The molecule has 6 nitrogen and oxygen atoms in total. The summed E-state index contributed by atoms with van der Waals surface area (Å²) < 4.78 is 11.7. The molecule has 1 heterocycles. The number of ether oxygens (including phenoxy) is 1. The quantitative estimate of drug-likeness (QED) is 0.392. The third-order valence-electron chi connectivity index (χ3n) is 4.73. The summed E-state index contributed by atoms with van der Waals surface area (Å²) in [6, 6.07) is 16.6. The van der Waals surface area contributed by atoms with Crippen LogP contribution in [-0.2, 0) is 4.79 Å². The van der Waals surface area contributed by atoms with Crippen LogP contribution in [0.15, 0.2) is 59.0 Å². The Hall–Kier alpha value is -3.54. The van der Waals surface area contributed by atoms with E-state index in [1.54, 1.807) is 12.1 Å². The number of carboxylic acid groups (broad SMARTS) is 1. The topological polar surface area (TPSA) is 92.8 Å². The average Bonchev–Trinajstić information content (AvgIpc) is 3.13. The minimum Gasteiger partial charge on any atom is -0.508 e. The van der Waals surface area contributed by atoms with Crippen LogP contribution in [0, 0.1) is 0 Å². The number of oxazole rings is 1. The molecular formula is C23H21NO5. The number of rotatable bonds is 8. The van der Waals surface area contributed by atoms with Crippen molar-refractivity contribution in [3.8, 4) is 23.0 Å². The molecule has 6 heteroatoms. The van der Waals surface area contributed by atoms with E-state index in [1.807, 2.05) is 42.5 Å². The number of aliphatic carboxylic acids is 1. The number of hydrogen-bond acceptors (Lipinski definition) is 5. The molecular weight excluding hydrogens is 370 g/mol. The van der Waals surface area contributed by atoms with E-state index < -0.39 is 5.97 Å². The summed E-state index contributed by atoms with van der Waals surface area (Å²) >= 11 is 0. The molecule has 4 rings (SSSR count). The van der Waals surface area contributed by atoms with E-state index in [1.165, 1.54) is 0 Å². The third-order valence-corrected chi connectivity index (χ3v) is 4.73. The van der Waals surface area contributed by atoms with Crippen LogP contribution in [0.4, 0.5) is 0 Å². The molecule has 2 N–H and O–H groups in total. The van der Waals surface area contributed by atoms with Gasteiger partial charge < -0.3 is 19.4 Å². The first-order valence-electron chi connectivity index (χ1n) is 9.57. The van der Waals surface area contributed by atoms with Gasteiger partial charge in [0.15, 0.2) is 5.58 Å². The number of carbonyl (C=O) groups is 1. The fourth-order valence-electron chi connectivity index (χ4n) is 3.23.